The van der Waals surface area contributed by atoms with Crippen molar-refractivity contribution in [1.29, 1.82) is 0 Å². The van der Waals surface area contributed by atoms with E-state index in [1.807, 2.05) is 6.07 Å². The summed E-state index contributed by atoms with van der Waals surface area (Å²) in [5.41, 5.74) is 1.27. The number of rotatable bonds is 4. The second-order valence-electron chi connectivity index (χ2n) is 6.26. The van der Waals surface area contributed by atoms with Crippen molar-refractivity contribution in [3.05, 3.63) is 63.9 Å². The molecule has 0 unspecified atom stereocenters. The van der Waals surface area contributed by atoms with Crippen LogP contribution in [0, 0.1) is 11.7 Å². The first-order valence-corrected chi connectivity index (χ1v) is 9.00. The second kappa shape index (κ2) is 8.17. The highest BCUT2D eigenvalue weighted by Crippen LogP contribution is 2.27. The summed E-state index contributed by atoms with van der Waals surface area (Å²) < 4.78 is 13.7. The molecule has 1 aliphatic heterocycles. The van der Waals surface area contributed by atoms with E-state index in [1.54, 1.807) is 30.3 Å². The maximum Gasteiger partial charge on any atom is 0.227 e. The minimum Gasteiger partial charge on any atom is -0.325 e. The van der Waals surface area contributed by atoms with E-state index in [9.17, 15) is 9.18 Å². The number of piperidine rings is 1. The number of amides is 1. The molecule has 0 atom stereocenters. The number of benzene rings is 2. The third kappa shape index (κ3) is 4.72. The largest absolute Gasteiger partial charge is 0.325 e. The van der Waals surface area contributed by atoms with Gasteiger partial charge in [0.05, 0.1) is 10.7 Å². The maximum atomic E-state index is 13.7. The minimum atomic E-state index is -0.181. The van der Waals surface area contributed by atoms with Crippen molar-refractivity contribution in [2.75, 3.05) is 18.4 Å². The van der Waals surface area contributed by atoms with E-state index in [0.29, 0.717) is 27.8 Å². The van der Waals surface area contributed by atoms with Gasteiger partial charge in [-0.25, -0.2) is 4.39 Å². The summed E-state index contributed by atoms with van der Waals surface area (Å²) >= 11 is 12.0. The third-order valence-corrected chi connectivity index (χ3v) is 5.05. The Morgan fingerprint density at radius 3 is 2.56 bits per heavy atom. The molecule has 1 amide bonds. The van der Waals surface area contributed by atoms with E-state index in [1.165, 1.54) is 6.07 Å². The van der Waals surface area contributed by atoms with Crippen molar-refractivity contribution < 1.29 is 9.18 Å². The number of carbonyl (C=O) groups excluding carboxylic acids is 1. The van der Waals surface area contributed by atoms with Crippen LogP contribution in [-0.2, 0) is 11.3 Å². The maximum absolute atomic E-state index is 13.7. The lowest BCUT2D eigenvalue weighted by Crippen LogP contribution is -2.37. The molecule has 0 radical (unpaired) electrons. The van der Waals surface area contributed by atoms with Crippen LogP contribution in [0.1, 0.15) is 18.4 Å². The molecule has 132 valence electrons. The Labute approximate surface area is 156 Å². The summed E-state index contributed by atoms with van der Waals surface area (Å²) in [6.07, 6.45) is 1.48. The first-order valence-electron chi connectivity index (χ1n) is 8.24. The highest BCUT2D eigenvalue weighted by atomic mass is 35.5. The molecule has 2 aromatic rings. The fourth-order valence-corrected chi connectivity index (χ4v) is 3.50. The van der Waals surface area contributed by atoms with E-state index in [-0.39, 0.29) is 17.6 Å². The van der Waals surface area contributed by atoms with Gasteiger partial charge in [-0.2, -0.15) is 0 Å². The lowest BCUT2D eigenvalue weighted by atomic mass is 9.95. The Morgan fingerprint density at radius 1 is 1.16 bits per heavy atom. The van der Waals surface area contributed by atoms with Crippen LogP contribution in [0.15, 0.2) is 42.5 Å². The van der Waals surface area contributed by atoms with Crippen LogP contribution in [0.25, 0.3) is 0 Å². The van der Waals surface area contributed by atoms with Crippen LogP contribution >= 0.6 is 23.2 Å². The molecule has 1 heterocycles. The molecule has 1 saturated heterocycles. The number of halogens is 3. The first-order chi connectivity index (χ1) is 12.0. The first kappa shape index (κ1) is 18.2. The minimum absolute atomic E-state index is 0.0326. The van der Waals surface area contributed by atoms with Gasteiger partial charge in [0.2, 0.25) is 5.91 Å². The molecule has 6 heteroatoms. The molecule has 0 bridgehead atoms. The average molecular weight is 381 g/mol. The molecule has 0 spiro atoms. The van der Waals surface area contributed by atoms with Crippen LogP contribution in [0.5, 0.6) is 0 Å². The van der Waals surface area contributed by atoms with Gasteiger partial charge in [0.15, 0.2) is 0 Å². The van der Waals surface area contributed by atoms with Gasteiger partial charge in [-0.3, -0.25) is 9.69 Å². The van der Waals surface area contributed by atoms with Crippen LogP contribution < -0.4 is 5.32 Å². The fraction of sp³-hybridized carbons (Fsp3) is 0.316. The molecule has 2 aromatic carbocycles. The van der Waals surface area contributed by atoms with Crippen LogP contribution in [0.2, 0.25) is 10.0 Å². The molecule has 0 aliphatic carbocycles. The Balaban J connectivity index is 1.53. The number of likely N-dealkylation sites (tertiary alicyclic amines) is 1. The molecule has 1 fully saturated rings. The summed E-state index contributed by atoms with van der Waals surface area (Å²) in [7, 11) is 0. The predicted molar refractivity (Wildman–Crippen MR) is 99.5 cm³/mol. The molecule has 0 saturated carbocycles. The standard InChI is InChI=1S/C19H19Cl2FN2O/c20-15-5-6-18(16(21)11-15)23-19(25)13-7-9-24(10-8-13)12-14-3-1-2-4-17(14)22/h1-6,11,13H,7-10,12H2,(H,23,25). The third-order valence-electron chi connectivity index (χ3n) is 4.50. The Bertz CT molecular complexity index is 761. The highest BCUT2D eigenvalue weighted by molar-refractivity contribution is 6.36. The zero-order valence-electron chi connectivity index (χ0n) is 13.6. The highest BCUT2D eigenvalue weighted by Gasteiger charge is 2.25. The summed E-state index contributed by atoms with van der Waals surface area (Å²) in [6, 6.07) is 11.8. The van der Waals surface area contributed by atoms with Gasteiger partial charge in [-0.15, -0.1) is 0 Å². The monoisotopic (exact) mass is 380 g/mol. The van der Waals surface area contributed by atoms with Gasteiger partial charge in [0, 0.05) is 23.0 Å². The van der Waals surface area contributed by atoms with E-state index in [2.05, 4.69) is 10.2 Å². The summed E-state index contributed by atoms with van der Waals surface area (Å²) in [6.45, 7) is 2.10. The second-order valence-corrected chi connectivity index (χ2v) is 7.10. The molecule has 1 aliphatic rings. The van der Waals surface area contributed by atoms with Gasteiger partial charge in [0.25, 0.3) is 0 Å². The molecule has 0 aromatic heterocycles. The summed E-state index contributed by atoms with van der Waals surface area (Å²) in [5.74, 6) is -0.280. The van der Waals surface area contributed by atoms with Gasteiger partial charge in [-0.05, 0) is 50.2 Å². The van der Waals surface area contributed by atoms with Crippen molar-refractivity contribution in [2.45, 2.75) is 19.4 Å². The number of hydrogen-bond donors (Lipinski definition) is 1. The van der Waals surface area contributed by atoms with E-state index in [4.69, 9.17) is 23.2 Å². The topological polar surface area (TPSA) is 32.3 Å². The van der Waals surface area contributed by atoms with Crippen LogP contribution in [0.3, 0.4) is 0 Å². The van der Waals surface area contributed by atoms with Crippen molar-refractivity contribution in [3.63, 3.8) is 0 Å². The average Bonchev–Trinajstić information content (AvgIpc) is 2.60. The smallest absolute Gasteiger partial charge is 0.227 e. The van der Waals surface area contributed by atoms with Crippen molar-refractivity contribution in [3.8, 4) is 0 Å². The van der Waals surface area contributed by atoms with Crippen LogP contribution in [-0.4, -0.2) is 23.9 Å². The van der Waals surface area contributed by atoms with E-state index in [0.717, 1.165) is 25.9 Å². The van der Waals surface area contributed by atoms with Crippen LogP contribution in [0.4, 0.5) is 10.1 Å². The number of carbonyl (C=O) groups is 1. The van der Waals surface area contributed by atoms with Crippen molar-refractivity contribution >= 4 is 34.8 Å². The lowest BCUT2D eigenvalue weighted by Gasteiger charge is -2.31. The summed E-state index contributed by atoms with van der Waals surface area (Å²) in [4.78, 5) is 14.6. The zero-order chi connectivity index (χ0) is 17.8. The molecule has 25 heavy (non-hydrogen) atoms. The Morgan fingerprint density at radius 2 is 1.88 bits per heavy atom. The normalized spacial score (nSPS) is 16.0. The zero-order valence-corrected chi connectivity index (χ0v) is 15.2. The molecule has 3 rings (SSSR count). The van der Waals surface area contributed by atoms with Crippen molar-refractivity contribution in [1.82, 2.24) is 4.90 Å². The molecular formula is C19H19Cl2FN2O. The number of anilines is 1. The van der Waals surface area contributed by atoms with Gasteiger partial charge in [-0.1, -0.05) is 41.4 Å². The lowest BCUT2D eigenvalue weighted by molar-refractivity contribution is -0.121. The molecule has 1 N–H and O–H groups in total. The fourth-order valence-electron chi connectivity index (χ4n) is 3.05. The predicted octanol–water partition coefficient (Wildman–Crippen LogP) is 4.98. The SMILES string of the molecule is O=C(Nc1ccc(Cl)cc1Cl)C1CCN(Cc2ccccc2F)CC1. The van der Waals surface area contributed by atoms with Gasteiger partial charge < -0.3 is 5.32 Å². The Kier molecular flexibility index (Phi) is 5.94. The number of nitrogens with one attached hydrogen (secondary N) is 1. The summed E-state index contributed by atoms with van der Waals surface area (Å²) in [5, 5.41) is 3.83. The van der Waals surface area contributed by atoms with E-state index >= 15 is 0 Å². The van der Waals surface area contributed by atoms with Crippen molar-refractivity contribution in [2.24, 2.45) is 5.92 Å². The molecular weight excluding hydrogens is 362 g/mol. The quantitative estimate of drug-likeness (QED) is 0.810. The number of hydrogen-bond acceptors (Lipinski definition) is 2. The Hall–Kier alpha value is -1.62. The van der Waals surface area contributed by atoms with Gasteiger partial charge in [0.1, 0.15) is 5.82 Å². The molecule has 3 nitrogen and oxygen atoms in total. The van der Waals surface area contributed by atoms with Gasteiger partial charge >= 0.3 is 0 Å². The van der Waals surface area contributed by atoms with E-state index < -0.39 is 0 Å². The number of nitrogens with zero attached hydrogens (tertiary/aromatic N) is 1.